The minimum Gasteiger partial charge on any atom is -0.443 e. The molecule has 252 valence electrons. The van der Waals surface area contributed by atoms with E-state index in [-0.39, 0.29) is 34.4 Å². The van der Waals surface area contributed by atoms with Crippen LogP contribution in [0.2, 0.25) is 0 Å². The van der Waals surface area contributed by atoms with Gasteiger partial charge in [-0.3, -0.25) is 19.7 Å². The van der Waals surface area contributed by atoms with Crippen molar-refractivity contribution in [1.29, 1.82) is 5.26 Å². The minimum atomic E-state index is -2.31. The molecule has 0 spiro atoms. The molecule has 0 aromatic carbocycles. The molecule has 1 saturated carbocycles. The van der Waals surface area contributed by atoms with Crippen molar-refractivity contribution in [2.75, 3.05) is 0 Å². The number of ketones is 2. The number of carbonyl (C=O) groups is 4. The molecule has 1 N–H and O–H groups in total. The number of ether oxygens (including phenoxy) is 1. The van der Waals surface area contributed by atoms with E-state index in [1.807, 2.05) is 19.2 Å². The van der Waals surface area contributed by atoms with Crippen molar-refractivity contribution in [3.8, 4) is 6.07 Å². The summed E-state index contributed by atoms with van der Waals surface area (Å²) in [4.78, 5) is 50.8. The molecule has 10 heteroatoms. The van der Waals surface area contributed by atoms with E-state index in [0.717, 1.165) is 37.7 Å². The number of hydrogen-bond donors (Lipinski definition) is 1. The van der Waals surface area contributed by atoms with Gasteiger partial charge in [0.2, 0.25) is 0 Å². The Morgan fingerprint density at radius 1 is 1.07 bits per heavy atom. The molecule has 2 aliphatic rings. The van der Waals surface area contributed by atoms with Crippen molar-refractivity contribution in [3.05, 3.63) is 23.3 Å². The van der Waals surface area contributed by atoms with Crippen LogP contribution in [0.4, 0.5) is 4.79 Å². The number of Topliss-reactive ketones (excluding diaryl/α,β-unsaturated/α-hetero) is 1. The second-order valence-corrected chi connectivity index (χ2v) is 17.6. The number of imide groups is 1. The van der Waals surface area contributed by atoms with Crippen LogP contribution in [0.5, 0.6) is 0 Å². The number of alkyl carbamates (subject to hydrolysis) is 1. The highest BCUT2D eigenvalue weighted by atomic mass is 35.6. The number of nitriles is 1. The van der Waals surface area contributed by atoms with Gasteiger partial charge in [-0.05, 0) is 87.0 Å². The third-order valence-electron chi connectivity index (χ3n) is 10.9. The fraction of sp³-hybridized carbons (Fsp3) is 0.743. The summed E-state index contributed by atoms with van der Waals surface area (Å²) >= 11 is 17.0. The lowest BCUT2D eigenvalue weighted by atomic mass is 9.44. The fourth-order valence-corrected chi connectivity index (χ4v) is 7.77. The summed E-state index contributed by atoms with van der Waals surface area (Å²) in [6.45, 7) is 20.3. The largest absolute Gasteiger partial charge is 0.443 e. The van der Waals surface area contributed by atoms with E-state index in [4.69, 9.17) is 39.5 Å². The summed E-state index contributed by atoms with van der Waals surface area (Å²) in [5.74, 6) is -1.70. The number of fused-ring (bicyclic) bond motifs is 1. The van der Waals surface area contributed by atoms with E-state index in [1.54, 1.807) is 12.2 Å². The van der Waals surface area contributed by atoms with E-state index >= 15 is 0 Å². The first-order valence-electron chi connectivity index (χ1n) is 15.9. The van der Waals surface area contributed by atoms with Crippen molar-refractivity contribution in [3.63, 3.8) is 0 Å². The summed E-state index contributed by atoms with van der Waals surface area (Å²) in [5, 5.41) is 11.9. The van der Waals surface area contributed by atoms with Gasteiger partial charge < -0.3 is 4.74 Å². The van der Waals surface area contributed by atoms with Crippen LogP contribution in [0, 0.1) is 44.8 Å². The Morgan fingerprint density at radius 3 is 2.16 bits per heavy atom. The first-order chi connectivity index (χ1) is 20.4. The number of carbonyl (C=O) groups excluding carboxylic acids is 4. The van der Waals surface area contributed by atoms with Gasteiger partial charge in [0.1, 0.15) is 11.7 Å². The average Bonchev–Trinajstić information content (AvgIpc) is 2.90. The predicted molar refractivity (Wildman–Crippen MR) is 180 cm³/mol. The predicted octanol–water partition coefficient (Wildman–Crippen LogP) is 9.39. The van der Waals surface area contributed by atoms with Crippen LogP contribution in [0.25, 0.3) is 0 Å². The van der Waals surface area contributed by atoms with Crippen LogP contribution in [-0.4, -0.2) is 33.0 Å². The van der Waals surface area contributed by atoms with Gasteiger partial charge >= 0.3 is 6.09 Å². The van der Waals surface area contributed by atoms with Crippen molar-refractivity contribution in [2.24, 2.45) is 33.5 Å². The summed E-state index contributed by atoms with van der Waals surface area (Å²) in [5.41, 5.74) is -1.44. The molecule has 2 rings (SSSR count). The highest BCUT2D eigenvalue weighted by Crippen LogP contribution is 2.65. The van der Waals surface area contributed by atoms with Gasteiger partial charge in [-0.15, -0.1) is 0 Å². The molecular weight excluding hydrogens is 635 g/mol. The molecule has 0 saturated heterocycles. The van der Waals surface area contributed by atoms with Crippen molar-refractivity contribution in [1.82, 2.24) is 5.32 Å². The lowest BCUT2D eigenvalue weighted by Gasteiger charge is -2.59. The molecular formula is C35H51Cl3N2O5. The topological polar surface area (TPSA) is 113 Å². The fourth-order valence-electron chi connectivity index (χ4n) is 7.63. The zero-order valence-corrected chi connectivity index (χ0v) is 30.9. The van der Waals surface area contributed by atoms with Crippen molar-refractivity contribution in [2.45, 2.75) is 130 Å². The number of allylic oxidation sites excluding steroid dienone is 4. The molecule has 45 heavy (non-hydrogen) atoms. The molecule has 0 bridgehead atoms. The highest BCUT2D eigenvalue weighted by Gasteiger charge is 2.58. The normalized spacial score (nSPS) is 28.0. The summed E-state index contributed by atoms with van der Waals surface area (Å²) < 4.78 is 3.63. The summed E-state index contributed by atoms with van der Waals surface area (Å²) in [6.07, 6.45) is 8.45. The molecule has 0 heterocycles. The molecule has 0 radical (unpaired) electrons. The van der Waals surface area contributed by atoms with Gasteiger partial charge in [0.25, 0.3) is 9.70 Å². The van der Waals surface area contributed by atoms with Gasteiger partial charge in [-0.2, -0.15) is 5.26 Å². The molecule has 7 nitrogen and oxygen atoms in total. The Hall–Kier alpha value is -1.88. The molecule has 0 aromatic heterocycles. The Bertz CT molecular complexity index is 1290. The van der Waals surface area contributed by atoms with Gasteiger partial charge in [0.05, 0.1) is 5.57 Å². The average molecular weight is 686 g/mol. The number of nitrogens with one attached hydrogen (secondary N) is 1. The number of alkyl halides is 3. The summed E-state index contributed by atoms with van der Waals surface area (Å²) in [7, 11) is 0. The van der Waals surface area contributed by atoms with E-state index in [0.29, 0.717) is 19.3 Å². The number of amides is 2. The molecule has 0 aromatic rings. The smallest absolute Gasteiger partial charge is 0.414 e. The van der Waals surface area contributed by atoms with Crippen LogP contribution in [0.1, 0.15) is 121 Å². The highest BCUT2D eigenvalue weighted by molar-refractivity contribution is 6.76. The molecule has 2 aliphatic carbocycles. The van der Waals surface area contributed by atoms with E-state index in [2.05, 4.69) is 54.5 Å². The maximum atomic E-state index is 13.0. The molecule has 0 aliphatic heterocycles. The van der Waals surface area contributed by atoms with Crippen molar-refractivity contribution < 1.29 is 23.9 Å². The van der Waals surface area contributed by atoms with E-state index in [1.165, 1.54) is 6.92 Å². The van der Waals surface area contributed by atoms with E-state index in [9.17, 15) is 24.4 Å². The Labute approximate surface area is 284 Å². The SMILES string of the molecule is CCCC(C)(C)CC[C@@](C)(CCC(C)(C)[C@]1(C)CC[C@H]2[C@H](C)C(=O)C(C#N)=C[C@]2(C)/C1=C/C(C)=O)OC(=O)NC(=O)C(Cl)(Cl)Cl. The Balaban J connectivity index is 2.50. The first-order valence-corrected chi connectivity index (χ1v) is 17.0. The number of rotatable bonds is 11. The second-order valence-electron chi connectivity index (χ2n) is 15.3. The van der Waals surface area contributed by atoms with Crippen LogP contribution >= 0.6 is 34.8 Å². The van der Waals surface area contributed by atoms with Crippen LogP contribution in [-0.2, 0) is 19.1 Å². The zero-order chi connectivity index (χ0) is 34.8. The maximum Gasteiger partial charge on any atom is 0.414 e. The summed E-state index contributed by atoms with van der Waals surface area (Å²) in [6, 6.07) is 2.10. The standard InChI is InChI=1S/C35H51Cl3N2O5/c1-11-13-30(4,5)15-17-32(8,45-29(44)40-28(43)35(36,37)38)18-16-31(6,7)34(10)14-12-25-23(3)27(42)24(21-39)20-33(25,9)26(34)19-22(2)41/h19-20,23,25H,11-18H2,1-10H3,(H,40,43,44)/b26-19-/t23-,25-,32-,33-,34+/m0/s1. The van der Waals surface area contributed by atoms with Crippen molar-refractivity contribution >= 4 is 58.4 Å². The third-order valence-corrected chi connectivity index (χ3v) is 11.5. The van der Waals surface area contributed by atoms with Crippen LogP contribution in [0.15, 0.2) is 23.3 Å². The quantitative estimate of drug-likeness (QED) is 0.171. The maximum absolute atomic E-state index is 13.0. The van der Waals surface area contributed by atoms with E-state index < -0.39 is 37.6 Å². The van der Waals surface area contributed by atoms with Gasteiger partial charge in [0.15, 0.2) is 11.6 Å². The number of halogens is 3. The molecule has 0 unspecified atom stereocenters. The first kappa shape index (κ1) is 39.3. The third kappa shape index (κ3) is 8.93. The van der Waals surface area contributed by atoms with Crippen LogP contribution < -0.4 is 5.32 Å². The van der Waals surface area contributed by atoms with Gasteiger partial charge in [0, 0.05) is 11.3 Å². The lowest BCUT2D eigenvalue weighted by Crippen LogP contribution is -2.53. The van der Waals surface area contributed by atoms with Gasteiger partial charge in [-0.25, -0.2) is 4.79 Å². The Morgan fingerprint density at radius 2 is 1.64 bits per heavy atom. The second kappa shape index (κ2) is 14.1. The number of nitrogens with zero attached hydrogens (tertiary/aromatic N) is 1. The molecule has 1 fully saturated rings. The zero-order valence-electron chi connectivity index (χ0n) is 28.6. The molecule has 5 atom stereocenters. The minimum absolute atomic E-state index is 0.00892. The van der Waals surface area contributed by atoms with Gasteiger partial charge in [-0.1, -0.05) is 108 Å². The Kier molecular flexibility index (Phi) is 12.3. The van der Waals surface area contributed by atoms with Crippen LogP contribution in [0.3, 0.4) is 0 Å². The lowest BCUT2D eigenvalue weighted by molar-refractivity contribution is -0.124. The molecule has 2 amide bonds. The number of hydrogen-bond acceptors (Lipinski definition) is 6. The monoisotopic (exact) mass is 684 g/mol.